The van der Waals surface area contributed by atoms with Crippen molar-refractivity contribution < 1.29 is 19.5 Å². The maximum absolute atomic E-state index is 14.6. The second-order valence-corrected chi connectivity index (χ2v) is 13.4. The summed E-state index contributed by atoms with van der Waals surface area (Å²) >= 11 is 1.64. The highest BCUT2D eigenvalue weighted by Crippen LogP contribution is 2.65. The van der Waals surface area contributed by atoms with Crippen molar-refractivity contribution in [2.24, 2.45) is 11.8 Å². The maximum atomic E-state index is 14.6. The Hall–Kier alpha value is -2.58. The van der Waals surface area contributed by atoms with Crippen molar-refractivity contribution in [2.45, 2.75) is 68.9 Å². The number of rotatable bonds is 8. The largest absolute Gasteiger partial charge is 0.396 e. The Labute approximate surface area is 236 Å². The zero-order valence-corrected chi connectivity index (χ0v) is 24.4. The fourth-order valence-corrected chi connectivity index (χ4v) is 9.24. The van der Waals surface area contributed by atoms with Crippen molar-refractivity contribution >= 4 is 35.2 Å². The number of aryl methyl sites for hydroxylation is 2. The number of carbonyl (C=O) groups is 3. The summed E-state index contributed by atoms with van der Waals surface area (Å²) in [6.07, 6.45) is 11.3. The first kappa shape index (κ1) is 28.0. The molecule has 2 fully saturated rings. The van der Waals surface area contributed by atoms with Crippen LogP contribution in [0, 0.1) is 25.7 Å². The van der Waals surface area contributed by atoms with E-state index in [4.69, 9.17) is 0 Å². The predicted molar refractivity (Wildman–Crippen MR) is 156 cm³/mol. The number of aliphatic hydroxyl groups excluding tert-OH is 1. The number of amides is 3. The molecular weight excluding hydrogens is 510 g/mol. The molecule has 1 aromatic rings. The molecule has 7 nitrogen and oxygen atoms in total. The van der Waals surface area contributed by atoms with E-state index in [1.165, 1.54) is 0 Å². The second kappa shape index (κ2) is 10.8. The topological polar surface area (TPSA) is 81.2 Å². The fraction of sp³-hybridized carbons (Fsp3) is 0.581. The lowest BCUT2D eigenvalue weighted by atomic mass is 9.74. The van der Waals surface area contributed by atoms with Crippen LogP contribution in [-0.4, -0.2) is 80.9 Å². The van der Waals surface area contributed by atoms with Gasteiger partial charge >= 0.3 is 0 Å². The summed E-state index contributed by atoms with van der Waals surface area (Å²) in [7, 11) is 0. The van der Waals surface area contributed by atoms with Crippen LogP contribution in [0.2, 0.25) is 0 Å². The van der Waals surface area contributed by atoms with Crippen LogP contribution in [0.5, 0.6) is 0 Å². The number of hydrogen-bond acceptors (Lipinski definition) is 5. The molecule has 4 heterocycles. The van der Waals surface area contributed by atoms with E-state index in [2.05, 4.69) is 32.1 Å². The highest BCUT2D eigenvalue weighted by Gasteiger charge is 2.73. The summed E-state index contributed by atoms with van der Waals surface area (Å²) in [5.41, 5.74) is 2.95. The lowest BCUT2D eigenvalue weighted by Crippen LogP contribution is -2.53. The van der Waals surface area contributed by atoms with Gasteiger partial charge in [-0.3, -0.25) is 14.4 Å². The molecular formula is C31H41N3O4S. The first-order valence-electron chi connectivity index (χ1n) is 14.3. The Bertz CT molecular complexity index is 1210. The molecule has 0 aliphatic carbocycles. The van der Waals surface area contributed by atoms with Crippen LogP contribution in [-0.2, 0) is 14.4 Å². The molecule has 39 heavy (non-hydrogen) atoms. The van der Waals surface area contributed by atoms with Crippen LogP contribution >= 0.6 is 11.8 Å². The van der Waals surface area contributed by atoms with Crippen LogP contribution < -0.4 is 4.90 Å². The van der Waals surface area contributed by atoms with Gasteiger partial charge in [-0.1, -0.05) is 43.4 Å². The average molecular weight is 552 g/mol. The molecule has 3 amide bonds. The Balaban J connectivity index is 1.61. The molecule has 1 N–H and O–H groups in total. The smallest absolute Gasteiger partial charge is 0.251 e. The normalized spacial score (nSPS) is 31.9. The lowest BCUT2D eigenvalue weighted by molar-refractivity contribution is -0.143. The van der Waals surface area contributed by atoms with Gasteiger partial charge < -0.3 is 19.8 Å². The van der Waals surface area contributed by atoms with Crippen LogP contribution in [0.4, 0.5) is 5.69 Å². The molecule has 1 unspecified atom stereocenters. The molecule has 2 saturated heterocycles. The van der Waals surface area contributed by atoms with Gasteiger partial charge in [0.05, 0.1) is 16.6 Å². The third kappa shape index (κ3) is 4.53. The van der Waals surface area contributed by atoms with E-state index in [0.29, 0.717) is 39.0 Å². The van der Waals surface area contributed by atoms with Crippen LogP contribution in [0.3, 0.4) is 0 Å². The molecule has 0 radical (unpaired) electrons. The van der Waals surface area contributed by atoms with E-state index in [1.54, 1.807) is 16.7 Å². The van der Waals surface area contributed by atoms with Crippen molar-refractivity contribution in [1.82, 2.24) is 9.80 Å². The van der Waals surface area contributed by atoms with Gasteiger partial charge in [0.15, 0.2) is 0 Å². The van der Waals surface area contributed by atoms with Gasteiger partial charge in [-0.2, -0.15) is 0 Å². The van der Waals surface area contributed by atoms with Gasteiger partial charge in [-0.15, -0.1) is 11.8 Å². The molecule has 210 valence electrons. The van der Waals surface area contributed by atoms with Gasteiger partial charge in [0.2, 0.25) is 11.8 Å². The number of anilines is 1. The zero-order chi connectivity index (χ0) is 27.9. The first-order chi connectivity index (χ1) is 18.7. The number of thioether (sulfide) groups is 1. The van der Waals surface area contributed by atoms with Crippen LogP contribution in [0.1, 0.15) is 50.7 Å². The van der Waals surface area contributed by atoms with E-state index in [0.717, 1.165) is 29.7 Å². The van der Waals surface area contributed by atoms with E-state index in [9.17, 15) is 19.5 Å². The summed E-state index contributed by atoms with van der Waals surface area (Å²) in [5.74, 6) is -1.30. The molecule has 0 aromatic heterocycles. The number of unbranched alkanes of at least 4 members (excludes halogenated alkanes) is 2. The van der Waals surface area contributed by atoms with Crippen molar-refractivity contribution in [1.29, 1.82) is 0 Å². The molecule has 4 aliphatic heterocycles. The summed E-state index contributed by atoms with van der Waals surface area (Å²) in [5, 5.41) is 9.30. The van der Waals surface area contributed by atoms with Gasteiger partial charge in [0.1, 0.15) is 6.04 Å². The molecule has 5 atom stereocenters. The minimum atomic E-state index is -0.827. The first-order valence-corrected chi connectivity index (χ1v) is 15.1. The monoisotopic (exact) mass is 551 g/mol. The molecule has 5 rings (SSSR count). The summed E-state index contributed by atoms with van der Waals surface area (Å²) < 4.78 is -1.41. The van der Waals surface area contributed by atoms with Crippen molar-refractivity contribution in [2.75, 3.05) is 37.7 Å². The van der Waals surface area contributed by atoms with Crippen LogP contribution in [0.25, 0.3) is 0 Å². The number of carbonyl (C=O) groups excluding carboxylic acids is 3. The van der Waals surface area contributed by atoms with E-state index in [-0.39, 0.29) is 24.3 Å². The Kier molecular flexibility index (Phi) is 7.72. The number of hydrogen-bond donors (Lipinski definition) is 1. The highest BCUT2D eigenvalue weighted by molar-refractivity contribution is 8.02. The van der Waals surface area contributed by atoms with E-state index in [1.807, 2.05) is 47.9 Å². The minimum Gasteiger partial charge on any atom is -0.396 e. The molecule has 4 aliphatic rings. The SMILES string of the molecule is CCCN1CC=C[C@@]2(C)S[C@]34C=CCN(c5cc(C)ccc5C)C(=O)C3N(CCCCCO)C(=O)[C@@H]4[C@H]2C1=O. The quantitative estimate of drug-likeness (QED) is 0.392. The Morgan fingerprint density at radius 1 is 0.949 bits per heavy atom. The molecule has 0 saturated carbocycles. The average Bonchev–Trinajstić information content (AvgIpc) is 3.17. The summed E-state index contributed by atoms with van der Waals surface area (Å²) in [4.78, 5) is 48.6. The lowest BCUT2D eigenvalue weighted by Gasteiger charge is -2.37. The van der Waals surface area contributed by atoms with Crippen LogP contribution in [0.15, 0.2) is 42.5 Å². The molecule has 0 bridgehead atoms. The zero-order valence-electron chi connectivity index (χ0n) is 23.6. The number of benzene rings is 1. The highest BCUT2D eigenvalue weighted by atomic mass is 32.2. The third-order valence-electron chi connectivity index (χ3n) is 8.85. The predicted octanol–water partition coefficient (Wildman–Crippen LogP) is 3.86. The number of aliphatic hydroxyl groups is 1. The van der Waals surface area contributed by atoms with Gasteiger partial charge in [-0.25, -0.2) is 0 Å². The third-order valence-corrected chi connectivity index (χ3v) is 10.6. The fourth-order valence-electron chi connectivity index (χ4n) is 7.08. The number of fused-ring (bicyclic) bond motifs is 2. The molecule has 1 spiro atoms. The van der Waals surface area contributed by atoms with Gasteiger partial charge in [-0.05, 0) is 63.6 Å². The maximum Gasteiger partial charge on any atom is 0.251 e. The van der Waals surface area contributed by atoms with E-state index < -0.39 is 27.4 Å². The number of likely N-dealkylation sites (tertiary alicyclic amines) is 1. The standard InChI is InChI=1S/C31H41N3O4S/c1-5-15-32-16-9-13-30(4)24(27(32)36)25-28(37)34(17-7-6-8-19-35)26-29(38)33(18-10-14-31(25,26)39-30)23-20-21(2)11-12-22(23)3/h9-14,20,24-26,35H,5-8,15-19H2,1-4H3/t24-,25-,26?,30+,31-/m0/s1. The Morgan fingerprint density at radius 2 is 1.72 bits per heavy atom. The summed E-state index contributed by atoms with van der Waals surface area (Å²) in [6, 6.07) is 5.42. The minimum absolute atomic E-state index is 0.0180. The second-order valence-electron chi connectivity index (χ2n) is 11.6. The van der Waals surface area contributed by atoms with Crippen molar-refractivity contribution in [3.05, 3.63) is 53.6 Å². The van der Waals surface area contributed by atoms with Gasteiger partial charge in [0, 0.05) is 43.2 Å². The van der Waals surface area contributed by atoms with E-state index >= 15 is 0 Å². The summed E-state index contributed by atoms with van der Waals surface area (Å²) in [6.45, 7) is 10.3. The van der Waals surface area contributed by atoms with Gasteiger partial charge in [0.25, 0.3) is 5.91 Å². The number of nitrogens with zero attached hydrogens (tertiary/aromatic N) is 3. The van der Waals surface area contributed by atoms with Crippen molar-refractivity contribution in [3.63, 3.8) is 0 Å². The van der Waals surface area contributed by atoms with Crippen molar-refractivity contribution in [3.8, 4) is 0 Å². The Morgan fingerprint density at radius 3 is 2.46 bits per heavy atom. The molecule has 8 heteroatoms. The molecule has 1 aromatic carbocycles.